The van der Waals surface area contributed by atoms with Crippen LogP contribution in [0.5, 0.6) is 5.75 Å². The van der Waals surface area contributed by atoms with Gasteiger partial charge in [-0.15, -0.1) is 11.8 Å². The van der Waals surface area contributed by atoms with Crippen molar-refractivity contribution < 1.29 is 19.5 Å². The number of unbranched alkanes of at least 4 members (excludes halogenated alkanes) is 2. The standard InChI is InChI=1S/C25H41N5O4S/c1-6-18-19-11-12-21(31)20(24(19)30(4)25(18)35-5)16-28(2)14-15-29(3)23(33)10-8-7-9-13-27-22(32)17-34-26/h11-12,31H,6-10,13-17,26H2,1-5H3,(H,27,32). The Balaban J connectivity index is 1.85. The molecule has 1 aromatic carbocycles. The van der Waals surface area contributed by atoms with Gasteiger partial charge in [-0.05, 0) is 50.3 Å². The number of nitrogens with two attached hydrogens (primary N) is 1. The van der Waals surface area contributed by atoms with Gasteiger partial charge in [0.1, 0.15) is 12.4 Å². The number of likely N-dealkylation sites (N-methyl/N-ethyl adjacent to an activating group) is 2. The summed E-state index contributed by atoms with van der Waals surface area (Å²) in [5, 5.41) is 15.8. The van der Waals surface area contributed by atoms with Gasteiger partial charge in [0.15, 0.2) is 0 Å². The molecule has 9 nitrogen and oxygen atoms in total. The highest BCUT2D eigenvalue weighted by atomic mass is 32.2. The van der Waals surface area contributed by atoms with Gasteiger partial charge >= 0.3 is 0 Å². The van der Waals surface area contributed by atoms with E-state index in [-0.39, 0.29) is 18.4 Å². The van der Waals surface area contributed by atoms with Crippen molar-refractivity contribution in [1.29, 1.82) is 0 Å². The second-order valence-corrected chi connectivity index (χ2v) is 9.68. The van der Waals surface area contributed by atoms with Crippen LogP contribution >= 0.6 is 11.8 Å². The smallest absolute Gasteiger partial charge is 0.248 e. The molecule has 0 spiro atoms. The van der Waals surface area contributed by atoms with E-state index in [4.69, 9.17) is 5.90 Å². The third-order valence-corrected chi connectivity index (χ3v) is 7.21. The summed E-state index contributed by atoms with van der Waals surface area (Å²) in [5.74, 6) is 5.04. The second-order valence-electron chi connectivity index (χ2n) is 8.88. The summed E-state index contributed by atoms with van der Waals surface area (Å²) in [5.41, 5.74) is 3.31. The van der Waals surface area contributed by atoms with Crippen molar-refractivity contribution in [2.75, 3.05) is 46.6 Å². The van der Waals surface area contributed by atoms with Crippen LogP contribution in [0.25, 0.3) is 10.9 Å². The van der Waals surface area contributed by atoms with Gasteiger partial charge in [0.25, 0.3) is 0 Å². The third-order valence-electron chi connectivity index (χ3n) is 6.30. The van der Waals surface area contributed by atoms with Crippen molar-refractivity contribution in [3.63, 3.8) is 0 Å². The molecule has 1 heterocycles. The first-order valence-electron chi connectivity index (χ1n) is 12.1. The van der Waals surface area contributed by atoms with Gasteiger partial charge in [-0.1, -0.05) is 13.3 Å². The molecule has 10 heteroatoms. The Labute approximate surface area is 212 Å². The van der Waals surface area contributed by atoms with Gasteiger partial charge in [0.2, 0.25) is 11.8 Å². The summed E-state index contributed by atoms with van der Waals surface area (Å²) in [4.78, 5) is 31.9. The number of aromatic nitrogens is 1. The van der Waals surface area contributed by atoms with Crippen LogP contribution in [0.4, 0.5) is 0 Å². The predicted octanol–water partition coefficient (Wildman–Crippen LogP) is 2.63. The molecule has 0 atom stereocenters. The molecular weight excluding hydrogens is 466 g/mol. The van der Waals surface area contributed by atoms with Crippen LogP contribution in [0.15, 0.2) is 17.2 Å². The number of phenols is 1. The maximum absolute atomic E-state index is 12.5. The zero-order chi connectivity index (χ0) is 26.0. The van der Waals surface area contributed by atoms with E-state index >= 15 is 0 Å². The molecule has 2 aromatic rings. The summed E-state index contributed by atoms with van der Waals surface area (Å²) in [6.07, 6.45) is 5.97. The molecule has 2 amide bonds. The fraction of sp³-hybridized carbons (Fsp3) is 0.600. The topological polar surface area (TPSA) is 113 Å². The number of aromatic hydroxyl groups is 1. The van der Waals surface area contributed by atoms with Crippen molar-refractivity contribution in [2.45, 2.75) is 50.6 Å². The SMILES string of the molecule is CCc1c(SC)n(C)c2c(CN(C)CCN(C)C(=O)CCCCCNC(=O)CON)c(O)ccc12. The Bertz CT molecular complexity index is 994. The van der Waals surface area contributed by atoms with Gasteiger partial charge in [-0.2, -0.15) is 0 Å². The Morgan fingerprint density at radius 1 is 1.17 bits per heavy atom. The number of benzene rings is 1. The maximum Gasteiger partial charge on any atom is 0.248 e. The molecular formula is C25H41N5O4S. The molecule has 2 rings (SSSR count). The first-order chi connectivity index (χ1) is 16.7. The van der Waals surface area contributed by atoms with E-state index in [0.29, 0.717) is 38.3 Å². The zero-order valence-electron chi connectivity index (χ0n) is 21.7. The summed E-state index contributed by atoms with van der Waals surface area (Å²) >= 11 is 1.73. The minimum absolute atomic E-state index is 0.114. The molecule has 1 aromatic heterocycles. The molecule has 4 N–H and O–H groups in total. The van der Waals surface area contributed by atoms with Gasteiger partial charge in [-0.3, -0.25) is 14.4 Å². The fourth-order valence-corrected chi connectivity index (χ4v) is 5.21. The van der Waals surface area contributed by atoms with Crippen LogP contribution in [0.3, 0.4) is 0 Å². The molecule has 196 valence electrons. The van der Waals surface area contributed by atoms with E-state index in [1.807, 2.05) is 20.2 Å². The lowest BCUT2D eigenvalue weighted by atomic mass is 10.1. The van der Waals surface area contributed by atoms with Gasteiger partial charge in [0.05, 0.1) is 10.5 Å². The van der Waals surface area contributed by atoms with Gasteiger partial charge < -0.3 is 24.8 Å². The molecule has 0 bridgehead atoms. The normalized spacial score (nSPS) is 11.4. The number of carbonyl (C=O) groups excluding carboxylic acids is 2. The van der Waals surface area contributed by atoms with Crippen molar-refractivity contribution in [2.24, 2.45) is 12.9 Å². The minimum atomic E-state index is -0.236. The number of rotatable bonds is 15. The number of phenolic OH excluding ortho intramolecular Hbond substituents is 1. The Morgan fingerprint density at radius 2 is 1.91 bits per heavy atom. The highest BCUT2D eigenvalue weighted by Gasteiger charge is 2.19. The summed E-state index contributed by atoms with van der Waals surface area (Å²) < 4.78 is 2.19. The molecule has 0 saturated carbocycles. The first kappa shape index (κ1) is 29.0. The minimum Gasteiger partial charge on any atom is -0.508 e. The second kappa shape index (κ2) is 14.3. The predicted molar refractivity (Wildman–Crippen MR) is 141 cm³/mol. The summed E-state index contributed by atoms with van der Waals surface area (Å²) in [6, 6.07) is 3.81. The van der Waals surface area contributed by atoms with E-state index in [2.05, 4.69) is 39.8 Å². The highest BCUT2D eigenvalue weighted by Crippen LogP contribution is 2.37. The van der Waals surface area contributed by atoms with E-state index < -0.39 is 0 Å². The number of nitrogens with zero attached hydrogens (tertiary/aromatic N) is 3. The number of carbonyl (C=O) groups is 2. The van der Waals surface area contributed by atoms with Crippen LogP contribution in [-0.4, -0.2) is 77.9 Å². The number of nitrogens with one attached hydrogen (secondary N) is 1. The van der Waals surface area contributed by atoms with Crippen molar-refractivity contribution >= 4 is 34.5 Å². The van der Waals surface area contributed by atoms with Crippen LogP contribution in [0, 0.1) is 0 Å². The summed E-state index contributed by atoms with van der Waals surface area (Å²) in [6.45, 7) is 4.49. The van der Waals surface area contributed by atoms with Gasteiger partial charge in [0, 0.05) is 57.6 Å². The third kappa shape index (κ3) is 7.86. The van der Waals surface area contributed by atoms with Crippen molar-refractivity contribution in [1.82, 2.24) is 19.7 Å². The fourth-order valence-electron chi connectivity index (χ4n) is 4.35. The Morgan fingerprint density at radius 3 is 2.57 bits per heavy atom. The lowest BCUT2D eigenvalue weighted by molar-refractivity contribution is -0.130. The molecule has 0 aliphatic heterocycles. The number of hydrogen-bond donors (Lipinski definition) is 3. The molecule has 0 unspecified atom stereocenters. The molecule has 0 radical (unpaired) electrons. The Hall–Kier alpha value is -2.27. The number of amides is 2. The lowest BCUT2D eigenvalue weighted by Gasteiger charge is -2.23. The number of aryl methyl sites for hydroxylation is 2. The average Bonchev–Trinajstić information content (AvgIpc) is 3.12. The van der Waals surface area contributed by atoms with Crippen LogP contribution in [-0.2, 0) is 34.4 Å². The quantitative estimate of drug-likeness (QED) is 0.193. The average molecular weight is 508 g/mol. The largest absolute Gasteiger partial charge is 0.508 e. The van der Waals surface area contributed by atoms with Crippen LogP contribution in [0.2, 0.25) is 0 Å². The van der Waals surface area contributed by atoms with Crippen LogP contribution < -0.4 is 11.2 Å². The molecule has 0 fully saturated rings. The Kier molecular flexibility index (Phi) is 11.9. The van der Waals surface area contributed by atoms with Crippen molar-refractivity contribution in [3.05, 3.63) is 23.3 Å². The number of hydrogen-bond acceptors (Lipinski definition) is 7. The zero-order valence-corrected chi connectivity index (χ0v) is 22.5. The first-order valence-corrected chi connectivity index (χ1v) is 13.3. The molecule has 0 aliphatic carbocycles. The van der Waals surface area contributed by atoms with E-state index in [1.165, 1.54) is 16.0 Å². The maximum atomic E-state index is 12.5. The highest BCUT2D eigenvalue weighted by molar-refractivity contribution is 7.98. The van der Waals surface area contributed by atoms with E-state index in [1.54, 1.807) is 22.7 Å². The van der Waals surface area contributed by atoms with E-state index in [9.17, 15) is 14.7 Å². The van der Waals surface area contributed by atoms with Gasteiger partial charge in [-0.25, -0.2) is 5.90 Å². The molecule has 0 aliphatic rings. The summed E-state index contributed by atoms with van der Waals surface area (Å²) in [7, 11) is 5.90. The van der Waals surface area contributed by atoms with Crippen molar-refractivity contribution in [3.8, 4) is 5.75 Å². The number of thioether (sulfide) groups is 1. The van der Waals surface area contributed by atoms with E-state index in [0.717, 1.165) is 36.8 Å². The van der Waals surface area contributed by atoms with Crippen LogP contribution in [0.1, 0.15) is 43.7 Å². The molecule has 35 heavy (non-hydrogen) atoms. The number of fused-ring (bicyclic) bond motifs is 1. The molecule has 0 saturated heterocycles. The lowest BCUT2D eigenvalue weighted by Crippen LogP contribution is -2.34. The monoisotopic (exact) mass is 507 g/mol.